The molecule has 9 heteroatoms. The minimum atomic E-state index is -0.608. The van der Waals surface area contributed by atoms with Crippen molar-refractivity contribution in [1.82, 2.24) is 20.3 Å². The van der Waals surface area contributed by atoms with Crippen LogP contribution in [0.2, 0.25) is 0 Å². The monoisotopic (exact) mass is 392 g/mol. The van der Waals surface area contributed by atoms with E-state index < -0.39 is 5.97 Å². The maximum absolute atomic E-state index is 11.9. The highest BCUT2D eigenvalue weighted by Gasteiger charge is 2.10. The topological polar surface area (TPSA) is 132 Å². The van der Waals surface area contributed by atoms with Crippen LogP contribution in [0.25, 0.3) is 0 Å². The summed E-state index contributed by atoms with van der Waals surface area (Å²) in [4.78, 5) is 35.9. The molecule has 0 aliphatic rings. The molecule has 0 saturated carbocycles. The van der Waals surface area contributed by atoms with Gasteiger partial charge in [-0.15, -0.1) is 0 Å². The summed E-state index contributed by atoms with van der Waals surface area (Å²) in [6.45, 7) is -0.440. The number of hydrogen-bond donors (Lipinski definition) is 3. The van der Waals surface area contributed by atoms with E-state index in [9.17, 15) is 9.59 Å². The number of amides is 1. The number of carbonyl (C=O) groups is 2. The number of carbonyl (C=O) groups excluding carboxylic acids is 2. The van der Waals surface area contributed by atoms with Gasteiger partial charge in [-0.1, -0.05) is 48.5 Å². The molecule has 0 radical (unpaired) electrons. The van der Waals surface area contributed by atoms with Gasteiger partial charge in [-0.3, -0.25) is 9.59 Å². The third kappa shape index (κ3) is 6.58. The fourth-order valence-corrected chi connectivity index (χ4v) is 2.42. The molecular weight excluding hydrogens is 372 g/mol. The van der Waals surface area contributed by atoms with E-state index in [1.807, 2.05) is 60.7 Å². The fourth-order valence-electron chi connectivity index (χ4n) is 2.42. The second-order valence-electron chi connectivity index (χ2n) is 6.02. The number of nitrogens with one attached hydrogen (secondary N) is 2. The number of nitrogens with two attached hydrogens (primary N) is 1. The van der Waals surface area contributed by atoms with Crippen LogP contribution in [0.15, 0.2) is 60.7 Å². The van der Waals surface area contributed by atoms with Crippen LogP contribution >= 0.6 is 0 Å². The Morgan fingerprint density at radius 1 is 0.931 bits per heavy atom. The average molecular weight is 392 g/mol. The van der Waals surface area contributed by atoms with Crippen molar-refractivity contribution >= 4 is 29.5 Å². The van der Waals surface area contributed by atoms with Gasteiger partial charge in [-0.25, -0.2) is 0 Å². The molecule has 0 atom stereocenters. The van der Waals surface area contributed by atoms with Crippen molar-refractivity contribution in [3.05, 3.63) is 72.1 Å². The molecule has 1 amide bonds. The highest BCUT2D eigenvalue weighted by Crippen LogP contribution is 2.12. The van der Waals surface area contributed by atoms with Crippen molar-refractivity contribution in [2.75, 3.05) is 17.6 Å². The zero-order valence-electron chi connectivity index (χ0n) is 15.5. The number of para-hydroxylation sites is 1. The van der Waals surface area contributed by atoms with Gasteiger partial charge in [0.25, 0.3) is 0 Å². The number of aromatic nitrogens is 3. The van der Waals surface area contributed by atoms with E-state index in [4.69, 9.17) is 10.5 Å². The van der Waals surface area contributed by atoms with Crippen LogP contribution in [-0.4, -0.2) is 33.4 Å². The third-order valence-corrected chi connectivity index (χ3v) is 3.73. The van der Waals surface area contributed by atoms with Gasteiger partial charge < -0.3 is 21.1 Å². The van der Waals surface area contributed by atoms with E-state index in [2.05, 4.69) is 25.6 Å². The van der Waals surface area contributed by atoms with E-state index in [-0.39, 0.29) is 43.2 Å². The molecule has 0 bridgehead atoms. The quantitative estimate of drug-likeness (QED) is 0.493. The molecule has 0 unspecified atom stereocenters. The Morgan fingerprint density at radius 2 is 1.62 bits per heavy atom. The van der Waals surface area contributed by atoms with Crippen molar-refractivity contribution in [3.63, 3.8) is 0 Å². The van der Waals surface area contributed by atoms with Crippen LogP contribution in [-0.2, 0) is 27.4 Å². The van der Waals surface area contributed by atoms with Gasteiger partial charge in [0.1, 0.15) is 6.54 Å². The molecule has 2 aromatic carbocycles. The van der Waals surface area contributed by atoms with Gasteiger partial charge in [0.15, 0.2) is 12.4 Å². The lowest BCUT2D eigenvalue weighted by atomic mass is 10.1. The van der Waals surface area contributed by atoms with Gasteiger partial charge in [-0.05, 0) is 17.7 Å². The van der Waals surface area contributed by atoms with Gasteiger partial charge in [0.2, 0.25) is 17.8 Å². The van der Waals surface area contributed by atoms with Crippen molar-refractivity contribution in [2.24, 2.45) is 0 Å². The molecule has 148 valence electrons. The van der Waals surface area contributed by atoms with Gasteiger partial charge in [0.05, 0.1) is 6.42 Å². The van der Waals surface area contributed by atoms with Crippen molar-refractivity contribution in [3.8, 4) is 0 Å². The van der Waals surface area contributed by atoms with Gasteiger partial charge in [0, 0.05) is 5.69 Å². The lowest BCUT2D eigenvalue weighted by molar-refractivity contribution is -0.145. The molecule has 1 aromatic heterocycles. The number of ether oxygens (including phenoxy) is 1. The van der Waals surface area contributed by atoms with E-state index >= 15 is 0 Å². The number of esters is 1. The van der Waals surface area contributed by atoms with E-state index in [1.54, 1.807) is 0 Å². The lowest BCUT2D eigenvalue weighted by Crippen LogP contribution is -2.31. The summed E-state index contributed by atoms with van der Waals surface area (Å²) in [5.74, 6) is -0.443. The molecule has 3 rings (SSSR count). The summed E-state index contributed by atoms with van der Waals surface area (Å²) in [6.07, 6.45) is 0.187. The van der Waals surface area contributed by atoms with Gasteiger partial charge in [-0.2, -0.15) is 15.0 Å². The smallest absolute Gasteiger partial charge is 0.325 e. The second-order valence-corrected chi connectivity index (χ2v) is 6.02. The molecule has 1 heterocycles. The first-order valence-corrected chi connectivity index (χ1v) is 8.87. The maximum Gasteiger partial charge on any atom is 0.325 e. The fraction of sp³-hybridized carbons (Fsp3) is 0.150. The molecule has 0 aliphatic carbocycles. The van der Waals surface area contributed by atoms with Crippen LogP contribution in [0.1, 0.15) is 11.4 Å². The molecule has 4 N–H and O–H groups in total. The minimum Gasteiger partial charge on any atom is -0.456 e. The Hall–Kier alpha value is -4.01. The number of nitrogen functional groups attached to an aromatic ring is 1. The Labute approximate surface area is 167 Å². The van der Waals surface area contributed by atoms with Crippen LogP contribution in [0.4, 0.5) is 17.6 Å². The van der Waals surface area contributed by atoms with Gasteiger partial charge >= 0.3 is 5.97 Å². The standard InChI is InChI=1S/C20H20N6O3/c21-19-24-16(25-20(26-19)23-15-9-5-2-6-10-15)13-29-18(28)12-22-17(27)11-14-7-3-1-4-8-14/h1-10H,11-13H2,(H,22,27)(H3,21,23,24,25,26). The Balaban J connectivity index is 1.47. The van der Waals surface area contributed by atoms with E-state index in [0.29, 0.717) is 0 Å². The Kier molecular flexibility index (Phi) is 6.66. The Morgan fingerprint density at radius 3 is 2.34 bits per heavy atom. The largest absolute Gasteiger partial charge is 0.456 e. The SMILES string of the molecule is Nc1nc(COC(=O)CNC(=O)Cc2ccccc2)nc(Nc2ccccc2)n1. The first-order chi connectivity index (χ1) is 14.1. The molecule has 0 aliphatic heterocycles. The first-order valence-electron chi connectivity index (χ1n) is 8.87. The summed E-state index contributed by atoms with van der Waals surface area (Å²) in [7, 11) is 0. The van der Waals surface area contributed by atoms with Crippen molar-refractivity contribution in [2.45, 2.75) is 13.0 Å². The number of hydrogen-bond acceptors (Lipinski definition) is 8. The zero-order valence-corrected chi connectivity index (χ0v) is 15.5. The summed E-state index contributed by atoms with van der Waals surface area (Å²) in [5, 5.41) is 5.52. The summed E-state index contributed by atoms with van der Waals surface area (Å²) < 4.78 is 5.10. The van der Waals surface area contributed by atoms with Crippen LogP contribution < -0.4 is 16.4 Å². The van der Waals surface area contributed by atoms with Crippen molar-refractivity contribution in [1.29, 1.82) is 0 Å². The molecule has 3 aromatic rings. The number of anilines is 3. The normalized spacial score (nSPS) is 10.2. The molecule has 0 fully saturated rings. The van der Waals surface area contributed by atoms with Crippen LogP contribution in [0, 0.1) is 0 Å². The Bertz CT molecular complexity index is 966. The van der Waals surface area contributed by atoms with Crippen LogP contribution in [0.5, 0.6) is 0 Å². The molecule has 0 saturated heterocycles. The molecule has 0 spiro atoms. The number of rotatable bonds is 8. The first kappa shape index (κ1) is 19.7. The zero-order chi connectivity index (χ0) is 20.5. The second kappa shape index (κ2) is 9.79. The highest BCUT2D eigenvalue weighted by molar-refractivity contribution is 5.83. The molecular formula is C20H20N6O3. The minimum absolute atomic E-state index is 0.000596. The summed E-state index contributed by atoms with van der Waals surface area (Å²) in [5.41, 5.74) is 7.33. The number of nitrogens with zero attached hydrogens (tertiary/aromatic N) is 3. The molecule has 9 nitrogen and oxygen atoms in total. The third-order valence-electron chi connectivity index (χ3n) is 3.73. The molecule has 29 heavy (non-hydrogen) atoms. The lowest BCUT2D eigenvalue weighted by Gasteiger charge is -2.08. The summed E-state index contributed by atoms with van der Waals surface area (Å²) >= 11 is 0. The predicted octanol–water partition coefficient (Wildman–Crippen LogP) is 1.60. The van der Waals surface area contributed by atoms with Crippen molar-refractivity contribution < 1.29 is 14.3 Å². The summed E-state index contributed by atoms with van der Waals surface area (Å²) in [6, 6.07) is 18.5. The maximum atomic E-state index is 11.9. The number of benzene rings is 2. The van der Waals surface area contributed by atoms with E-state index in [1.165, 1.54) is 0 Å². The van der Waals surface area contributed by atoms with E-state index in [0.717, 1.165) is 11.3 Å². The predicted molar refractivity (Wildman–Crippen MR) is 107 cm³/mol. The average Bonchev–Trinajstić information content (AvgIpc) is 2.72. The highest BCUT2D eigenvalue weighted by atomic mass is 16.5. The van der Waals surface area contributed by atoms with Crippen LogP contribution in [0.3, 0.4) is 0 Å².